The molecule has 0 saturated heterocycles. The largest absolute Gasteiger partial charge is 0.478 e. The number of benzene rings is 2. The van der Waals surface area contributed by atoms with Crippen LogP contribution in [0.1, 0.15) is 17.3 Å². The van der Waals surface area contributed by atoms with Gasteiger partial charge < -0.3 is 14.6 Å². The van der Waals surface area contributed by atoms with Crippen LogP contribution in [-0.2, 0) is 4.79 Å². The number of para-hydroxylation sites is 1. The first-order chi connectivity index (χ1) is 9.56. The Morgan fingerprint density at radius 1 is 1.00 bits per heavy atom. The average Bonchev–Trinajstić information content (AvgIpc) is 2.41. The zero-order valence-electron chi connectivity index (χ0n) is 10.7. The molecule has 0 unspecified atom stereocenters. The first-order valence-electron chi connectivity index (χ1n) is 5.85. The first-order valence-corrected chi connectivity index (χ1v) is 5.85. The van der Waals surface area contributed by atoms with Crippen molar-refractivity contribution in [2.24, 2.45) is 0 Å². The summed E-state index contributed by atoms with van der Waals surface area (Å²) in [6.45, 7) is 1.26. The molecule has 0 amide bonds. The Bertz CT molecular complexity index is 634. The highest BCUT2D eigenvalue weighted by molar-refractivity contribution is 5.88. The summed E-state index contributed by atoms with van der Waals surface area (Å²) < 4.78 is 10.6. The van der Waals surface area contributed by atoms with Crippen LogP contribution in [0.5, 0.6) is 17.2 Å². The molecule has 0 atom stereocenters. The van der Waals surface area contributed by atoms with Gasteiger partial charge >= 0.3 is 11.9 Å². The zero-order valence-corrected chi connectivity index (χ0v) is 10.7. The number of carboxylic acids is 1. The number of rotatable bonds is 4. The fraction of sp³-hybridized carbons (Fsp3) is 0.0667. The van der Waals surface area contributed by atoms with Crippen LogP contribution in [0, 0.1) is 0 Å². The quantitative estimate of drug-likeness (QED) is 0.684. The van der Waals surface area contributed by atoms with E-state index in [0.29, 0.717) is 5.75 Å². The molecule has 2 rings (SSSR count). The number of aromatic carboxylic acids is 1. The minimum absolute atomic E-state index is 0.0480. The normalized spacial score (nSPS) is 9.85. The second-order valence-electron chi connectivity index (χ2n) is 3.98. The molecule has 0 bridgehead atoms. The Morgan fingerprint density at radius 2 is 1.70 bits per heavy atom. The number of hydrogen-bond donors (Lipinski definition) is 1. The van der Waals surface area contributed by atoms with Crippen LogP contribution in [0.15, 0.2) is 48.5 Å². The van der Waals surface area contributed by atoms with Gasteiger partial charge in [0.1, 0.15) is 5.75 Å². The lowest BCUT2D eigenvalue weighted by atomic mass is 10.2. The molecule has 1 N–H and O–H groups in total. The topological polar surface area (TPSA) is 72.8 Å². The van der Waals surface area contributed by atoms with E-state index in [0.717, 1.165) is 0 Å². The summed E-state index contributed by atoms with van der Waals surface area (Å²) in [7, 11) is 0. The Morgan fingerprint density at radius 3 is 2.30 bits per heavy atom. The molecule has 0 aromatic heterocycles. The Kier molecular flexibility index (Phi) is 4.00. The van der Waals surface area contributed by atoms with Gasteiger partial charge in [0, 0.05) is 6.92 Å². The van der Waals surface area contributed by atoms with Gasteiger partial charge in [0.25, 0.3) is 0 Å². The molecule has 0 spiro atoms. The molecule has 0 heterocycles. The van der Waals surface area contributed by atoms with E-state index in [1.54, 1.807) is 24.3 Å². The predicted octanol–water partition coefficient (Wildman–Crippen LogP) is 3.10. The Balaban J connectivity index is 2.38. The van der Waals surface area contributed by atoms with Crippen molar-refractivity contribution in [1.82, 2.24) is 0 Å². The van der Waals surface area contributed by atoms with Crippen molar-refractivity contribution in [3.8, 4) is 17.2 Å². The molecule has 0 radical (unpaired) electrons. The van der Waals surface area contributed by atoms with Gasteiger partial charge in [0.15, 0.2) is 11.5 Å². The number of ether oxygens (including phenoxy) is 2. The first kappa shape index (κ1) is 13.6. The van der Waals surface area contributed by atoms with Crippen LogP contribution in [0.2, 0.25) is 0 Å². The van der Waals surface area contributed by atoms with E-state index in [2.05, 4.69) is 0 Å². The molecular formula is C15H12O5. The van der Waals surface area contributed by atoms with E-state index < -0.39 is 11.9 Å². The monoisotopic (exact) mass is 272 g/mol. The molecular weight excluding hydrogens is 260 g/mol. The van der Waals surface area contributed by atoms with Crippen LogP contribution >= 0.6 is 0 Å². The third-order valence-corrected chi connectivity index (χ3v) is 2.42. The van der Waals surface area contributed by atoms with Crippen LogP contribution in [0.25, 0.3) is 0 Å². The summed E-state index contributed by atoms with van der Waals surface area (Å²) in [5.74, 6) is -0.732. The molecule has 0 aliphatic rings. The van der Waals surface area contributed by atoms with Crippen molar-refractivity contribution in [3.63, 3.8) is 0 Å². The lowest BCUT2D eigenvalue weighted by molar-refractivity contribution is -0.132. The Labute approximate surface area is 115 Å². The molecule has 0 fully saturated rings. The van der Waals surface area contributed by atoms with Crippen molar-refractivity contribution >= 4 is 11.9 Å². The Hall–Kier alpha value is -2.82. The van der Waals surface area contributed by atoms with E-state index in [4.69, 9.17) is 14.6 Å². The minimum Gasteiger partial charge on any atom is -0.478 e. The standard InChI is InChI=1S/C15H12O5/c1-10(16)19-13-8-7-11(15(17)18)9-14(13)20-12-5-3-2-4-6-12/h2-9H,1H3,(H,17,18). The van der Waals surface area contributed by atoms with Gasteiger partial charge in [-0.1, -0.05) is 18.2 Å². The maximum atomic E-state index is 11.0. The second kappa shape index (κ2) is 5.88. The number of carbonyl (C=O) groups is 2. The molecule has 102 valence electrons. The lowest BCUT2D eigenvalue weighted by Gasteiger charge is -2.11. The van der Waals surface area contributed by atoms with Gasteiger partial charge in [0.05, 0.1) is 5.56 Å². The highest BCUT2D eigenvalue weighted by Crippen LogP contribution is 2.32. The summed E-state index contributed by atoms with van der Waals surface area (Å²) in [5, 5.41) is 8.98. The number of carbonyl (C=O) groups excluding carboxylic acids is 1. The fourth-order valence-corrected chi connectivity index (χ4v) is 1.58. The van der Waals surface area contributed by atoms with E-state index in [-0.39, 0.29) is 17.1 Å². The molecule has 5 heteroatoms. The third kappa shape index (κ3) is 3.35. The lowest BCUT2D eigenvalue weighted by Crippen LogP contribution is -2.04. The maximum absolute atomic E-state index is 11.0. The molecule has 0 saturated carbocycles. The summed E-state index contributed by atoms with van der Waals surface area (Å²) in [6, 6.07) is 12.9. The van der Waals surface area contributed by atoms with Crippen molar-refractivity contribution < 1.29 is 24.2 Å². The van der Waals surface area contributed by atoms with Crippen molar-refractivity contribution in [1.29, 1.82) is 0 Å². The number of carboxylic acid groups (broad SMARTS) is 1. The van der Waals surface area contributed by atoms with E-state index in [1.165, 1.54) is 25.1 Å². The van der Waals surface area contributed by atoms with Gasteiger partial charge in [0.2, 0.25) is 0 Å². The van der Waals surface area contributed by atoms with Crippen LogP contribution < -0.4 is 9.47 Å². The van der Waals surface area contributed by atoms with Crippen molar-refractivity contribution in [2.45, 2.75) is 6.92 Å². The van der Waals surface area contributed by atoms with Gasteiger partial charge in [-0.25, -0.2) is 4.79 Å². The number of hydrogen-bond acceptors (Lipinski definition) is 4. The minimum atomic E-state index is -1.09. The van der Waals surface area contributed by atoms with Crippen LogP contribution in [-0.4, -0.2) is 17.0 Å². The summed E-state index contributed by atoms with van der Waals surface area (Å²) in [4.78, 5) is 22.0. The highest BCUT2D eigenvalue weighted by Gasteiger charge is 2.13. The average molecular weight is 272 g/mol. The number of esters is 1. The molecule has 20 heavy (non-hydrogen) atoms. The van der Waals surface area contributed by atoms with Gasteiger partial charge in [-0.05, 0) is 30.3 Å². The molecule has 5 nitrogen and oxygen atoms in total. The summed E-state index contributed by atoms with van der Waals surface area (Å²) in [6.07, 6.45) is 0. The maximum Gasteiger partial charge on any atom is 0.335 e. The van der Waals surface area contributed by atoms with Gasteiger partial charge in [-0.3, -0.25) is 4.79 Å². The van der Waals surface area contributed by atoms with Crippen molar-refractivity contribution in [2.75, 3.05) is 0 Å². The summed E-state index contributed by atoms with van der Waals surface area (Å²) in [5.41, 5.74) is 0.0480. The van der Waals surface area contributed by atoms with E-state index >= 15 is 0 Å². The van der Waals surface area contributed by atoms with Crippen LogP contribution in [0.4, 0.5) is 0 Å². The summed E-state index contributed by atoms with van der Waals surface area (Å²) >= 11 is 0. The molecule has 2 aromatic carbocycles. The smallest absolute Gasteiger partial charge is 0.335 e. The fourth-order valence-electron chi connectivity index (χ4n) is 1.58. The highest BCUT2D eigenvalue weighted by atomic mass is 16.6. The molecule has 0 aliphatic carbocycles. The zero-order chi connectivity index (χ0) is 14.5. The van der Waals surface area contributed by atoms with Gasteiger partial charge in [-0.2, -0.15) is 0 Å². The van der Waals surface area contributed by atoms with E-state index in [1.807, 2.05) is 6.07 Å². The van der Waals surface area contributed by atoms with E-state index in [9.17, 15) is 9.59 Å². The second-order valence-corrected chi connectivity index (χ2v) is 3.98. The van der Waals surface area contributed by atoms with Crippen LogP contribution in [0.3, 0.4) is 0 Å². The molecule has 0 aliphatic heterocycles. The SMILES string of the molecule is CC(=O)Oc1ccc(C(=O)O)cc1Oc1ccccc1. The van der Waals surface area contributed by atoms with Gasteiger partial charge in [-0.15, -0.1) is 0 Å². The van der Waals surface area contributed by atoms with Crippen molar-refractivity contribution in [3.05, 3.63) is 54.1 Å². The molecule has 2 aromatic rings. The predicted molar refractivity (Wildman–Crippen MR) is 71.2 cm³/mol. The third-order valence-electron chi connectivity index (χ3n) is 2.42.